The number of halogens is 3. The zero-order chi connectivity index (χ0) is 24.9. The number of nitrogens with one attached hydrogen (secondary N) is 2. The van der Waals surface area contributed by atoms with Gasteiger partial charge in [0, 0.05) is 25.1 Å². The van der Waals surface area contributed by atoms with Crippen LogP contribution in [-0.2, 0) is 20.9 Å². The summed E-state index contributed by atoms with van der Waals surface area (Å²) in [5.41, 5.74) is 10.3. The number of ether oxygens (including phenoxy) is 1. The Balaban J connectivity index is 2.35. The maximum atomic E-state index is 13.8. The van der Waals surface area contributed by atoms with Crippen molar-refractivity contribution in [2.45, 2.75) is 43.9 Å². The summed E-state index contributed by atoms with van der Waals surface area (Å²) in [6.45, 7) is -0.359. The first-order valence-corrected chi connectivity index (χ1v) is 9.57. The Morgan fingerprint density at radius 2 is 1.91 bits per heavy atom. The minimum atomic E-state index is -1.81. The number of benzene rings is 1. The van der Waals surface area contributed by atoms with E-state index < -0.39 is 90.1 Å². The van der Waals surface area contributed by atoms with Crippen molar-refractivity contribution >= 4 is 17.8 Å². The van der Waals surface area contributed by atoms with Crippen LogP contribution in [0.25, 0.3) is 0 Å². The highest BCUT2D eigenvalue weighted by Crippen LogP contribution is 2.25. The quantitative estimate of drug-likeness (QED) is 0.126. The molecule has 0 aliphatic carbocycles. The van der Waals surface area contributed by atoms with Gasteiger partial charge in [0.15, 0.2) is 23.4 Å². The lowest BCUT2D eigenvalue weighted by Gasteiger charge is -2.39. The van der Waals surface area contributed by atoms with Crippen LogP contribution in [0.1, 0.15) is 12.5 Å². The molecule has 0 saturated heterocycles. The van der Waals surface area contributed by atoms with Gasteiger partial charge in [0.1, 0.15) is 24.1 Å². The number of carbonyl (C=O) groups excluding carboxylic acids is 2. The van der Waals surface area contributed by atoms with Crippen molar-refractivity contribution in [1.29, 1.82) is 0 Å². The van der Waals surface area contributed by atoms with Crippen LogP contribution in [0, 0.1) is 17.5 Å². The number of rotatable bonds is 8. The van der Waals surface area contributed by atoms with Gasteiger partial charge in [-0.05, 0) is 12.1 Å². The average molecular weight is 475 g/mol. The fraction of sp³-hybridized carbons (Fsp3) is 0.421. The largest absolute Gasteiger partial charge is 0.480 e. The second-order valence-electron chi connectivity index (χ2n) is 7.17. The van der Waals surface area contributed by atoms with Crippen molar-refractivity contribution in [3.8, 4) is 0 Å². The molecule has 1 aliphatic heterocycles. The summed E-state index contributed by atoms with van der Waals surface area (Å²) in [5, 5.41) is 34.0. The SMILES string of the molecule is CC(=O)N[C@H]1[C@H]([C@H](O)[C@H](O)CO)OC(C(=O)NCc2cc(F)cc(F)c2F)=C[C@@H]1N=C(N)N. The predicted octanol–water partition coefficient (Wildman–Crippen LogP) is -2.14. The molecular weight excluding hydrogens is 451 g/mol. The fourth-order valence-corrected chi connectivity index (χ4v) is 3.14. The average Bonchev–Trinajstić information content (AvgIpc) is 2.74. The zero-order valence-corrected chi connectivity index (χ0v) is 17.3. The molecule has 0 fully saturated rings. The molecule has 1 heterocycles. The van der Waals surface area contributed by atoms with Gasteiger partial charge in [0.05, 0.1) is 18.7 Å². The summed E-state index contributed by atoms with van der Waals surface area (Å²) in [5.74, 6) is -6.40. The molecule has 0 spiro atoms. The van der Waals surface area contributed by atoms with E-state index in [-0.39, 0.29) is 0 Å². The van der Waals surface area contributed by atoms with Crippen molar-refractivity contribution in [1.82, 2.24) is 10.6 Å². The number of hydrogen-bond acceptors (Lipinski definition) is 7. The molecule has 2 rings (SSSR count). The molecule has 2 amide bonds. The molecule has 0 aromatic heterocycles. The molecule has 1 aromatic carbocycles. The summed E-state index contributed by atoms with van der Waals surface area (Å²) in [6.07, 6.45) is -3.96. The van der Waals surface area contributed by atoms with E-state index in [0.717, 1.165) is 13.0 Å². The predicted molar refractivity (Wildman–Crippen MR) is 107 cm³/mol. The summed E-state index contributed by atoms with van der Waals surface area (Å²) in [7, 11) is 0. The van der Waals surface area contributed by atoms with Gasteiger partial charge in [-0.15, -0.1) is 0 Å². The lowest BCUT2D eigenvalue weighted by Crippen LogP contribution is -2.60. The number of guanidine groups is 1. The molecule has 0 radical (unpaired) electrons. The van der Waals surface area contributed by atoms with Crippen LogP contribution in [0.2, 0.25) is 0 Å². The molecular formula is C19H24F3N5O6. The van der Waals surface area contributed by atoms with E-state index >= 15 is 0 Å². The van der Waals surface area contributed by atoms with Gasteiger partial charge in [-0.25, -0.2) is 18.2 Å². The monoisotopic (exact) mass is 475 g/mol. The van der Waals surface area contributed by atoms with Gasteiger partial charge in [0.25, 0.3) is 5.91 Å². The molecule has 11 nitrogen and oxygen atoms in total. The van der Waals surface area contributed by atoms with Gasteiger partial charge in [-0.3, -0.25) is 9.59 Å². The molecule has 0 unspecified atom stereocenters. The Morgan fingerprint density at radius 3 is 2.48 bits per heavy atom. The van der Waals surface area contributed by atoms with Gasteiger partial charge >= 0.3 is 0 Å². The number of aliphatic hydroxyl groups excluding tert-OH is 3. The zero-order valence-electron chi connectivity index (χ0n) is 17.3. The molecule has 33 heavy (non-hydrogen) atoms. The Hall–Kier alpha value is -3.36. The van der Waals surface area contributed by atoms with Crippen molar-refractivity contribution in [2.24, 2.45) is 16.5 Å². The number of amides is 2. The highest BCUT2D eigenvalue weighted by atomic mass is 19.2. The number of aliphatic hydroxyl groups is 3. The third-order valence-electron chi connectivity index (χ3n) is 4.62. The topological polar surface area (TPSA) is 193 Å². The molecule has 0 saturated carbocycles. The van der Waals surface area contributed by atoms with Crippen molar-refractivity contribution in [2.75, 3.05) is 6.61 Å². The Bertz CT molecular complexity index is 956. The van der Waals surface area contributed by atoms with Gasteiger partial charge in [-0.2, -0.15) is 0 Å². The maximum absolute atomic E-state index is 13.8. The molecule has 9 N–H and O–H groups in total. The van der Waals surface area contributed by atoms with E-state index in [1.165, 1.54) is 0 Å². The number of carbonyl (C=O) groups is 2. The molecule has 1 aliphatic rings. The van der Waals surface area contributed by atoms with Crippen molar-refractivity contribution in [3.63, 3.8) is 0 Å². The first-order valence-electron chi connectivity index (χ1n) is 9.57. The first kappa shape index (κ1) is 25.9. The van der Waals surface area contributed by atoms with E-state index in [9.17, 15) is 33.0 Å². The van der Waals surface area contributed by atoms with Crippen LogP contribution in [0.15, 0.2) is 29.0 Å². The van der Waals surface area contributed by atoms with E-state index in [1.807, 2.05) is 0 Å². The Kier molecular flexibility index (Phi) is 8.62. The van der Waals surface area contributed by atoms with Crippen LogP contribution in [0.4, 0.5) is 13.2 Å². The molecule has 1 aromatic rings. The van der Waals surface area contributed by atoms with E-state index in [4.69, 9.17) is 21.3 Å². The minimum Gasteiger partial charge on any atom is -0.480 e. The molecule has 5 atom stereocenters. The van der Waals surface area contributed by atoms with Crippen molar-refractivity contribution < 1.29 is 42.8 Å². The standard InChI is InChI=1S/C19H24F3N5O6/c1-7(29)26-15-11(27-19(23)24)4-13(33-17(15)16(31)12(30)6-28)18(32)25-5-8-2-9(20)3-10(21)14(8)22/h2-4,11-12,15-17,28,30-31H,5-6H2,1H3,(H,25,32)(H,26,29)(H4,23,24,27)/t11-,12+,15+,16+,17+/m0/s1. The second kappa shape index (κ2) is 11.0. The summed E-state index contributed by atoms with van der Waals surface area (Å²) in [6, 6.07) is -1.31. The minimum absolute atomic E-state index is 0.341. The van der Waals surface area contributed by atoms with Crippen LogP contribution in [-0.4, -0.2) is 70.1 Å². The van der Waals surface area contributed by atoms with Crippen molar-refractivity contribution in [3.05, 3.63) is 47.0 Å². The fourth-order valence-electron chi connectivity index (χ4n) is 3.14. The summed E-state index contributed by atoms with van der Waals surface area (Å²) >= 11 is 0. The van der Waals surface area contributed by atoms with Crippen LogP contribution >= 0.6 is 0 Å². The Morgan fingerprint density at radius 1 is 1.24 bits per heavy atom. The normalized spacial score (nSPS) is 21.8. The second-order valence-corrected chi connectivity index (χ2v) is 7.17. The van der Waals surface area contributed by atoms with E-state index in [0.29, 0.717) is 12.1 Å². The highest BCUT2D eigenvalue weighted by molar-refractivity contribution is 5.92. The van der Waals surface area contributed by atoms with Gasteiger partial charge in [0.2, 0.25) is 5.91 Å². The van der Waals surface area contributed by atoms with Gasteiger partial charge < -0.3 is 42.2 Å². The first-order chi connectivity index (χ1) is 15.4. The number of nitrogens with zero attached hydrogens (tertiary/aromatic N) is 1. The Labute approximate surface area is 185 Å². The van der Waals surface area contributed by atoms with E-state index in [2.05, 4.69) is 15.6 Å². The molecule has 182 valence electrons. The maximum Gasteiger partial charge on any atom is 0.286 e. The van der Waals surface area contributed by atoms with E-state index in [1.54, 1.807) is 0 Å². The summed E-state index contributed by atoms with van der Waals surface area (Å²) in [4.78, 5) is 28.1. The van der Waals surface area contributed by atoms with Gasteiger partial charge in [-0.1, -0.05) is 0 Å². The summed E-state index contributed by atoms with van der Waals surface area (Å²) < 4.78 is 46.0. The van der Waals surface area contributed by atoms with Crippen LogP contribution in [0.3, 0.4) is 0 Å². The van der Waals surface area contributed by atoms with Crippen LogP contribution in [0.5, 0.6) is 0 Å². The lowest BCUT2D eigenvalue weighted by atomic mass is 9.92. The third kappa shape index (κ3) is 6.57. The molecule has 14 heteroatoms. The third-order valence-corrected chi connectivity index (χ3v) is 4.62. The number of nitrogens with two attached hydrogens (primary N) is 2. The van der Waals surface area contributed by atoms with Crippen LogP contribution < -0.4 is 22.1 Å². The number of aliphatic imine (C=N–C) groups is 1. The smallest absolute Gasteiger partial charge is 0.286 e. The lowest BCUT2D eigenvalue weighted by molar-refractivity contribution is -0.134. The highest BCUT2D eigenvalue weighted by Gasteiger charge is 2.43. The number of hydrogen-bond donors (Lipinski definition) is 7. The molecule has 0 bridgehead atoms.